The van der Waals surface area contributed by atoms with Crippen LogP contribution < -0.4 is 0 Å². The van der Waals surface area contributed by atoms with E-state index < -0.39 is 22.7 Å². The summed E-state index contributed by atoms with van der Waals surface area (Å²) in [6.07, 6.45) is -1.92. The Morgan fingerprint density at radius 2 is 2.27 bits per heavy atom. The molecule has 1 heterocycles. The van der Waals surface area contributed by atoms with Crippen molar-refractivity contribution >= 4 is 33.2 Å². The second kappa shape index (κ2) is 4.80. The molecule has 0 aliphatic carbocycles. The molecule has 1 aromatic rings. The molecule has 1 aromatic heterocycles. The van der Waals surface area contributed by atoms with Crippen LogP contribution in [0.5, 0.6) is 0 Å². The van der Waals surface area contributed by atoms with Crippen molar-refractivity contribution in [3.8, 4) is 0 Å². The van der Waals surface area contributed by atoms with E-state index in [0.717, 1.165) is 6.20 Å². The van der Waals surface area contributed by atoms with Gasteiger partial charge in [-0.05, 0) is 15.9 Å². The van der Waals surface area contributed by atoms with Crippen molar-refractivity contribution in [1.29, 1.82) is 0 Å². The summed E-state index contributed by atoms with van der Waals surface area (Å²) in [7, 11) is 0. The second-order valence-corrected chi connectivity index (χ2v) is 3.63. The molecular weight excluding hydrogens is 297 g/mol. The summed E-state index contributed by atoms with van der Waals surface area (Å²) in [6.45, 7) is 0. The van der Waals surface area contributed by atoms with Crippen LogP contribution in [0.25, 0.3) is 0 Å². The Kier molecular flexibility index (Phi) is 3.92. The summed E-state index contributed by atoms with van der Waals surface area (Å²) in [5.74, 6) is -0.386. The van der Waals surface area contributed by atoms with E-state index in [1.165, 1.54) is 0 Å². The van der Waals surface area contributed by atoms with Crippen LogP contribution in [0, 0.1) is 10.1 Å². The van der Waals surface area contributed by atoms with Gasteiger partial charge in [-0.25, -0.2) is 8.78 Å². The van der Waals surface area contributed by atoms with Gasteiger partial charge in [0.2, 0.25) is 0 Å². The van der Waals surface area contributed by atoms with E-state index in [2.05, 4.69) is 20.9 Å². The number of alkyl halides is 3. The fraction of sp³-hybridized carbons (Fsp3) is 0.286. The molecule has 0 fully saturated rings. The van der Waals surface area contributed by atoms with Crippen LogP contribution in [-0.2, 0) is 5.88 Å². The lowest BCUT2D eigenvalue weighted by molar-refractivity contribution is -0.386. The van der Waals surface area contributed by atoms with Crippen molar-refractivity contribution in [3.05, 3.63) is 32.0 Å². The van der Waals surface area contributed by atoms with Gasteiger partial charge < -0.3 is 0 Å². The van der Waals surface area contributed by atoms with E-state index in [0.29, 0.717) is 0 Å². The molecule has 82 valence electrons. The summed E-state index contributed by atoms with van der Waals surface area (Å²) in [5.41, 5.74) is -1.37. The third-order valence-electron chi connectivity index (χ3n) is 1.66. The number of nitro groups is 1. The van der Waals surface area contributed by atoms with Gasteiger partial charge in [-0.15, -0.1) is 11.6 Å². The number of aromatic nitrogens is 1. The van der Waals surface area contributed by atoms with Crippen LogP contribution in [0.15, 0.2) is 10.7 Å². The number of nitrogens with zero attached hydrogens (tertiary/aromatic N) is 2. The van der Waals surface area contributed by atoms with E-state index in [1.54, 1.807) is 0 Å². The Morgan fingerprint density at radius 3 is 2.67 bits per heavy atom. The molecule has 0 bridgehead atoms. The van der Waals surface area contributed by atoms with Crippen molar-refractivity contribution in [2.45, 2.75) is 12.3 Å². The minimum absolute atomic E-state index is 0.0348. The molecule has 0 N–H and O–H groups in total. The first-order chi connectivity index (χ1) is 6.99. The molecular formula is C7H4BrClF2N2O2. The highest BCUT2D eigenvalue weighted by atomic mass is 79.9. The van der Waals surface area contributed by atoms with Crippen molar-refractivity contribution in [3.63, 3.8) is 0 Å². The molecule has 0 aliphatic rings. The van der Waals surface area contributed by atoms with Crippen molar-refractivity contribution < 1.29 is 13.7 Å². The van der Waals surface area contributed by atoms with E-state index in [1.807, 2.05) is 0 Å². The zero-order valence-corrected chi connectivity index (χ0v) is 9.43. The van der Waals surface area contributed by atoms with E-state index in [9.17, 15) is 18.9 Å². The Hall–Kier alpha value is -0.820. The molecule has 0 amide bonds. The molecule has 4 nitrogen and oxygen atoms in total. The van der Waals surface area contributed by atoms with Crippen molar-refractivity contribution in [1.82, 2.24) is 4.98 Å². The van der Waals surface area contributed by atoms with Gasteiger partial charge in [0.25, 0.3) is 12.1 Å². The Balaban J connectivity index is 3.47. The summed E-state index contributed by atoms with van der Waals surface area (Å²) >= 11 is 8.26. The fourth-order valence-corrected chi connectivity index (χ4v) is 1.80. The van der Waals surface area contributed by atoms with E-state index in [4.69, 9.17) is 11.6 Å². The van der Waals surface area contributed by atoms with Crippen LogP contribution in [0.2, 0.25) is 0 Å². The summed E-state index contributed by atoms with van der Waals surface area (Å²) in [4.78, 5) is 13.3. The van der Waals surface area contributed by atoms with Crippen LogP contribution in [-0.4, -0.2) is 9.91 Å². The zero-order chi connectivity index (χ0) is 11.6. The first-order valence-corrected chi connectivity index (χ1v) is 4.97. The average molecular weight is 301 g/mol. The predicted octanol–water partition coefficient (Wildman–Crippen LogP) is 3.43. The largest absolute Gasteiger partial charge is 0.291 e. The molecule has 0 saturated heterocycles. The van der Waals surface area contributed by atoms with Gasteiger partial charge >= 0.3 is 0 Å². The molecule has 15 heavy (non-hydrogen) atoms. The standard InChI is InChI=1S/C7H4BrClF2N2O2/c8-4-2-12-5(7(10)11)3(1-9)6(4)13(14)15/h2,7H,1H2. The SMILES string of the molecule is O=[N+]([O-])c1c(Br)cnc(C(F)F)c1CCl. The van der Waals surface area contributed by atoms with E-state index in [-0.39, 0.29) is 15.9 Å². The van der Waals surface area contributed by atoms with Crippen LogP contribution in [0.4, 0.5) is 14.5 Å². The number of hydrogen-bond donors (Lipinski definition) is 0. The zero-order valence-electron chi connectivity index (χ0n) is 7.08. The molecule has 0 radical (unpaired) electrons. The van der Waals surface area contributed by atoms with Gasteiger partial charge in [-0.2, -0.15) is 0 Å². The summed E-state index contributed by atoms with van der Waals surface area (Å²) < 4.78 is 24.9. The predicted molar refractivity (Wildman–Crippen MR) is 53.1 cm³/mol. The second-order valence-electron chi connectivity index (χ2n) is 2.51. The van der Waals surface area contributed by atoms with Gasteiger partial charge in [-0.1, -0.05) is 0 Å². The maximum Gasteiger partial charge on any atom is 0.291 e. The number of halogens is 4. The molecule has 0 unspecified atom stereocenters. The third-order valence-corrected chi connectivity index (χ3v) is 2.51. The molecule has 0 atom stereocenters. The Labute approximate surface area is 96.5 Å². The van der Waals surface area contributed by atoms with Gasteiger partial charge in [-0.3, -0.25) is 15.1 Å². The molecule has 0 saturated carbocycles. The minimum atomic E-state index is -2.88. The maximum absolute atomic E-state index is 12.4. The Morgan fingerprint density at radius 1 is 1.67 bits per heavy atom. The Bertz CT molecular complexity index is 403. The van der Waals surface area contributed by atoms with Crippen molar-refractivity contribution in [2.75, 3.05) is 0 Å². The van der Waals surface area contributed by atoms with Crippen LogP contribution >= 0.6 is 27.5 Å². The number of rotatable bonds is 3. The number of hydrogen-bond acceptors (Lipinski definition) is 3. The lowest BCUT2D eigenvalue weighted by Gasteiger charge is -2.06. The third kappa shape index (κ3) is 2.40. The first kappa shape index (κ1) is 12.3. The monoisotopic (exact) mass is 300 g/mol. The fourth-order valence-electron chi connectivity index (χ4n) is 1.05. The number of pyridine rings is 1. The average Bonchev–Trinajstić information content (AvgIpc) is 2.15. The lowest BCUT2D eigenvalue weighted by atomic mass is 10.2. The summed E-state index contributed by atoms with van der Waals surface area (Å²) in [5, 5.41) is 10.6. The first-order valence-electron chi connectivity index (χ1n) is 3.64. The molecule has 0 aromatic carbocycles. The minimum Gasteiger partial charge on any atom is -0.258 e. The molecule has 1 rings (SSSR count). The summed E-state index contributed by atoms with van der Waals surface area (Å²) in [6, 6.07) is 0. The van der Waals surface area contributed by atoms with Gasteiger partial charge in [0.1, 0.15) is 10.2 Å². The van der Waals surface area contributed by atoms with Gasteiger partial charge in [0.05, 0.1) is 16.4 Å². The lowest BCUT2D eigenvalue weighted by Crippen LogP contribution is -2.03. The van der Waals surface area contributed by atoms with E-state index >= 15 is 0 Å². The van der Waals surface area contributed by atoms with Gasteiger partial charge in [0.15, 0.2) is 0 Å². The van der Waals surface area contributed by atoms with Crippen LogP contribution in [0.3, 0.4) is 0 Å². The highest BCUT2D eigenvalue weighted by molar-refractivity contribution is 9.10. The normalized spacial score (nSPS) is 10.7. The van der Waals surface area contributed by atoms with Crippen LogP contribution in [0.1, 0.15) is 17.7 Å². The topological polar surface area (TPSA) is 56.0 Å². The highest BCUT2D eigenvalue weighted by Crippen LogP contribution is 2.34. The molecule has 8 heteroatoms. The maximum atomic E-state index is 12.4. The molecule has 0 aliphatic heterocycles. The molecule has 0 spiro atoms. The van der Waals surface area contributed by atoms with Gasteiger partial charge in [0, 0.05) is 6.20 Å². The highest BCUT2D eigenvalue weighted by Gasteiger charge is 2.26. The van der Waals surface area contributed by atoms with Crippen molar-refractivity contribution in [2.24, 2.45) is 0 Å². The smallest absolute Gasteiger partial charge is 0.258 e. The quantitative estimate of drug-likeness (QED) is 0.488.